The number of carbonyl (C=O) groups excluding carboxylic acids is 3. The van der Waals surface area contributed by atoms with Gasteiger partial charge in [0.05, 0.1) is 44.8 Å². The number of halogens is 2. The highest BCUT2D eigenvalue weighted by Gasteiger charge is 2.32. The number of rotatable bonds is 8. The smallest absolute Gasteiger partial charge is 0.342 e. The van der Waals surface area contributed by atoms with Crippen LogP contribution in [0.25, 0.3) is 0 Å². The Labute approximate surface area is 262 Å². The van der Waals surface area contributed by atoms with Crippen LogP contribution in [0.4, 0.5) is 16.4 Å². The molecule has 1 aliphatic heterocycles. The number of amides is 3. The molecule has 0 radical (unpaired) electrons. The lowest BCUT2D eigenvalue weighted by Gasteiger charge is -2.35. The van der Waals surface area contributed by atoms with Crippen molar-refractivity contribution in [3.05, 3.63) is 42.1 Å². The summed E-state index contributed by atoms with van der Waals surface area (Å²) in [6.45, 7) is 3.94. The monoisotopic (exact) mass is 673 g/mol. The Balaban J connectivity index is 0.000000278. The first kappa shape index (κ1) is 34.1. The number of anilines is 2. The van der Waals surface area contributed by atoms with E-state index in [9.17, 15) is 22.8 Å². The van der Waals surface area contributed by atoms with Crippen LogP contribution in [0, 0.1) is 0 Å². The van der Waals surface area contributed by atoms with Crippen LogP contribution < -0.4 is 29.1 Å². The van der Waals surface area contributed by atoms with Gasteiger partial charge in [0.2, 0.25) is 17.7 Å². The molecule has 0 fully saturated rings. The molecule has 1 atom stereocenters. The number of alkyl halides is 2. The summed E-state index contributed by atoms with van der Waals surface area (Å²) in [7, 11) is -0.491. The van der Waals surface area contributed by atoms with E-state index < -0.39 is 31.9 Å². The summed E-state index contributed by atoms with van der Waals surface area (Å²) < 4.78 is 48.0. The Bertz CT molecular complexity index is 1600. The standard InChI is InChI=1S/C14H18N6O7S.C11H11Cl2NO2/c1-5-27-12(21)8-7-15-20(2)11(8)28(23,24)19-14(22)18-13-16-9(25-3)6-10(17-13)26-4;1-7-6-16-9-5-3-2-4-8(9)14(7)11(15)10(12)13/h6-7H,5H2,1-4H3,(H2,16,17,18,19,22);2-5,7,10H,6H2,1H3. The lowest BCUT2D eigenvalue weighted by molar-refractivity contribution is -0.117. The van der Waals surface area contributed by atoms with Crippen molar-refractivity contribution in [2.75, 3.05) is 37.7 Å². The summed E-state index contributed by atoms with van der Waals surface area (Å²) in [5, 5.41) is 5.34. The Morgan fingerprint density at radius 1 is 1.14 bits per heavy atom. The van der Waals surface area contributed by atoms with Crippen molar-refractivity contribution in [1.29, 1.82) is 0 Å². The summed E-state index contributed by atoms with van der Waals surface area (Å²) in [5.41, 5.74) is 0.404. The number of nitrogens with zero attached hydrogens (tertiary/aromatic N) is 5. The number of sulfonamides is 1. The second kappa shape index (κ2) is 14.9. The molecule has 4 rings (SSSR count). The van der Waals surface area contributed by atoms with E-state index in [0.29, 0.717) is 12.4 Å². The molecule has 2 aromatic heterocycles. The number of para-hydroxylation sites is 2. The first-order valence-electron chi connectivity index (χ1n) is 12.7. The van der Waals surface area contributed by atoms with Crippen molar-refractivity contribution in [3.8, 4) is 17.5 Å². The predicted molar refractivity (Wildman–Crippen MR) is 158 cm³/mol. The van der Waals surface area contributed by atoms with Crippen molar-refractivity contribution in [2.45, 2.75) is 29.8 Å². The fraction of sp³-hybridized carbons (Fsp3) is 0.360. The van der Waals surface area contributed by atoms with E-state index in [-0.39, 0.29) is 41.8 Å². The van der Waals surface area contributed by atoms with Crippen LogP contribution in [-0.2, 0) is 26.6 Å². The molecule has 16 nitrogen and oxygen atoms in total. The summed E-state index contributed by atoms with van der Waals surface area (Å²) >= 11 is 11.3. The molecule has 2 N–H and O–H groups in total. The number of benzene rings is 1. The third kappa shape index (κ3) is 8.18. The average molecular weight is 675 g/mol. The second-order valence-electron chi connectivity index (χ2n) is 8.68. The van der Waals surface area contributed by atoms with E-state index in [4.69, 9.17) is 42.1 Å². The number of methoxy groups -OCH3 is 2. The first-order chi connectivity index (χ1) is 20.8. The van der Waals surface area contributed by atoms with E-state index in [2.05, 4.69) is 20.4 Å². The third-order valence-corrected chi connectivity index (χ3v) is 7.47. The van der Waals surface area contributed by atoms with Crippen molar-refractivity contribution in [2.24, 2.45) is 7.05 Å². The van der Waals surface area contributed by atoms with Gasteiger partial charge in [-0.3, -0.25) is 14.8 Å². The van der Waals surface area contributed by atoms with Crippen molar-refractivity contribution >= 4 is 62.8 Å². The van der Waals surface area contributed by atoms with Gasteiger partial charge in [-0.25, -0.2) is 14.3 Å². The molecule has 3 heterocycles. The number of ether oxygens (including phenoxy) is 4. The van der Waals surface area contributed by atoms with E-state index in [1.165, 1.54) is 27.3 Å². The molecule has 0 spiro atoms. The molecule has 19 heteroatoms. The fourth-order valence-electron chi connectivity index (χ4n) is 3.80. The zero-order valence-corrected chi connectivity index (χ0v) is 26.4. The molecule has 0 saturated carbocycles. The lowest BCUT2D eigenvalue weighted by atomic mass is 10.1. The zero-order chi connectivity index (χ0) is 32.6. The average Bonchev–Trinajstić information content (AvgIpc) is 3.39. The van der Waals surface area contributed by atoms with Gasteiger partial charge in [-0.05, 0) is 26.0 Å². The topological polar surface area (TPSA) is 193 Å². The van der Waals surface area contributed by atoms with Gasteiger partial charge in [-0.2, -0.15) is 23.5 Å². The Morgan fingerprint density at radius 2 is 1.77 bits per heavy atom. The number of carbonyl (C=O) groups is 3. The van der Waals surface area contributed by atoms with Crippen LogP contribution in [0.2, 0.25) is 0 Å². The maximum atomic E-state index is 12.6. The molecular weight excluding hydrogens is 645 g/mol. The van der Waals surface area contributed by atoms with Crippen molar-refractivity contribution < 1.29 is 41.7 Å². The Kier molecular flexibility index (Phi) is 11.6. The minimum atomic E-state index is -4.47. The molecule has 3 aromatic rings. The van der Waals surface area contributed by atoms with Gasteiger partial charge in [0, 0.05) is 7.05 Å². The van der Waals surface area contributed by atoms with E-state index in [0.717, 1.165) is 16.6 Å². The molecule has 44 heavy (non-hydrogen) atoms. The normalized spacial score (nSPS) is 13.9. The number of hydrogen-bond acceptors (Lipinski definition) is 12. The Morgan fingerprint density at radius 3 is 2.36 bits per heavy atom. The number of aryl methyl sites for hydroxylation is 1. The highest BCUT2D eigenvalue weighted by molar-refractivity contribution is 7.90. The van der Waals surface area contributed by atoms with E-state index >= 15 is 0 Å². The van der Waals surface area contributed by atoms with Gasteiger partial charge in [0.15, 0.2) is 9.86 Å². The van der Waals surface area contributed by atoms with Gasteiger partial charge in [-0.15, -0.1) is 0 Å². The number of fused-ring (bicyclic) bond motifs is 1. The molecule has 3 amide bonds. The largest absolute Gasteiger partial charge is 0.489 e. The molecule has 0 bridgehead atoms. The van der Waals surface area contributed by atoms with Crippen LogP contribution in [0.1, 0.15) is 24.2 Å². The second-order valence-corrected chi connectivity index (χ2v) is 11.4. The predicted octanol–water partition coefficient (Wildman–Crippen LogP) is 2.52. The summed E-state index contributed by atoms with van der Waals surface area (Å²) in [6.07, 6.45) is 1.03. The van der Waals surface area contributed by atoms with Crippen LogP contribution in [0.3, 0.4) is 0 Å². The van der Waals surface area contributed by atoms with Crippen LogP contribution in [0.15, 0.2) is 41.6 Å². The quantitative estimate of drug-likeness (QED) is 0.262. The minimum Gasteiger partial charge on any atom is -0.489 e. The maximum Gasteiger partial charge on any atom is 0.342 e. The summed E-state index contributed by atoms with van der Waals surface area (Å²) in [5.74, 6) is -0.617. The van der Waals surface area contributed by atoms with Crippen LogP contribution in [-0.4, -0.2) is 84.4 Å². The minimum absolute atomic E-state index is 0.0378. The highest BCUT2D eigenvalue weighted by Crippen LogP contribution is 2.34. The fourth-order valence-corrected chi connectivity index (χ4v) is 5.22. The summed E-state index contributed by atoms with van der Waals surface area (Å²) in [6, 6.07) is 7.46. The Hall–Kier alpha value is -4.35. The molecule has 1 aliphatic rings. The van der Waals surface area contributed by atoms with Gasteiger partial charge in [0.1, 0.15) is 17.9 Å². The number of hydrogen-bond donors (Lipinski definition) is 2. The molecule has 0 aliphatic carbocycles. The summed E-state index contributed by atoms with van der Waals surface area (Å²) in [4.78, 5) is 44.2. The third-order valence-electron chi connectivity index (χ3n) is 5.65. The molecule has 1 unspecified atom stereocenters. The van der Waals surface area contributed by atoms with Gasteiger partial charge in [0.25, 0.3) is 15.9 Å². The number of urea groups is 1. The zero-order valence-electron chi connectivity index (χ0n) is 24.1. The molecule has 238 valence electrons. The van der Waals surface area contributed by atoms with Crippen LogP contribution >= 0.6 is 23.2 Å². The van der Waals surface area contributed by atoms with E-state index in [1.54, 1.807) is 16.5 Å². The van der Waals surface area contributed by atoms with Gasteiger partial charge in [-0.1, -0.05) is 35.3 Å². The van der Waals surface area contributed by atoms with Gasteiger partial charge >= 0.3 is 12.0 Å². The van der Waals surface area contributed by atoms with E-state index in [1.807, 2.05) is 31.2 Å². The first-order valence-corrected chi connectivity index (χ1v) is 15.0. The lowest BCUT2D eigenvalue weighted by Crippen LogP contribution is -2.47. The number of aromatic nitrogens is 4. The molecule has 1 aromatic carbocycles. The molecular formula is C25H29Cl2N7O9S. The maximum absolute atomic E-state index is 12.6. The number of esters is 1. The number of nitrogens with one attached hydrogen (secondary N) is 2. The van der Waals surface area contributed by atoms with Crippen LogP contribution in [0.5, 0.6) is 17.5 Å². The highest BCUT2D eigenvalue weighted by atomic mass is 35.5. The SMILES string of the molecule is CC1COc2ccccc2N1C(=O)C(Cl)Cl.CCOC(=O)c1cnn(C)c1S(=O)(=O)NC(=O)Nc1nc(OC)cc(OC)n1. The molecule has 0 saturated heterocycles. The van der Waals surface area contributed by atoms with Gasteiger partial charge < -0.3 is 23.8 Å². The van der Waals surface area contributed by atoms with Crippen molar-refractivity contribution in [1.82, 2.24) is 24.5 Å². The van der Waals surface area contributed by atoms with Crippen molar-refractivity contribution in [3.63, 3.8) is 0 Å².